The average molecular weight is 407 g/mol. The second kappa shape index (κ2) is 8.17. The molecule has 0 spiro atoms. The van der Waals surface area contributed by atoms with Gasteiger partial charge >= 0.3 is 0 Å². The molecule has 2 heterocycles. The minimum Gasteiger partial charge on any atom is -0.491 e. The SMILES string of the molecule is COc1cc(Nc2nc(=O)cnn2Cc2cc(F)c(F)c(F)c2)c(C)nc1OC. The van der Waals surface area contributed by atoms with E-state index in [0.717, 1.165) is 18.3 Å². The van der Waals surface area contributed by atoms with Crippen molar-refractivity contribution in [1.82, 2.24) is 19.7 Å². The molecule has 0 amide bonds. The van der Waals surface area contributed by atoms with E-state index in [1.165, 1.54) is 18.9 Å². The van der Waals surface area contributed by atoms with Gasteiger partial charge in [0.05, 0.1) is 32.1 Å². The molecule has 0 saturated carbocycles. The first-order chi connectivity index (χ1) is 13.8. The van der Waals surface area contributed by atoms with E-state index < -0.39 is 23.0 Å². The molecule has 0 bridgehead atoms. The van der Waals surface area contributed by atoms with Crippen LogP contribution < -0.4 is 20.3 Å². The van der Waals surface area contributed by atoms with Crippen LogP contribution >= 0.6 is 0 Å². The normalized spacial score (nSPS) is 10.7. The third kappa shape index (κ3) is 4.28. The third-order valence-electron chi connectivity index (χ3n) is 3.95. The minimum absolute atomic E-state index is 0.0141. The van der Waals surface area contributed by atoms with Crippen LogP contribution in [0.3, 0.4) is 0 Å². The Kier molecular flexibility index (Phi) is 5.66. The number of aryl methyl sites for hydroxylation is 1. The number of nitrogens with zero attached hydrogens (tertiary/aromatic N) is 4. The van der Waals surface area contributed by atoms with Crippen LogP contribution in [0.5, 0.6) is 11.6 Å². The van der Waals surface area contributed by atoms with Crippen LogP contribution in [0.2, 0.25) is 0 Å². The number of rotatable bonds is 6. The van der Waals surface area contributed by atoms with Crippen molar-refractivity contribution < 1.29 is 22.6 Å². The summed E-state index contributed by atoms with van der Waals surface area (Å²) in [5, 5.41) is 6.82. The van der Waals surface area contributed by atoms with Crippen LogP contribution in [0.1, 0.15) is 11.3 Å². The molecule has 3 rings (SSSR count). The quantitative estimate of drug-likeness (QED) is 0.628. The van der Waals surface area contributed by atoms with Gasteiger partial charge < -0.3 is 14.8 Å². The van der Waals surface area contributed by atoms with E-state index >= 15 is 0 Å². The largest absolute Gasteiger partial charge is 0.491 e. The van der Waals surface area contributed by atoms with E-state index in [1.54, 1.807) is 13.0 Å². The van der Waals surface area contributed by atoms with Gasteiger partial charge in [-0.3, -0.25) is 4.79 Å². The third-order valence-corrected chi connectivity index (χ3v) is 3.95. The summed E-state index contributed by atoms with van der Waals surface area (Å²) in [4.78, 5) is 19.8. The second-order valence-electron chi connectivity index (χ2n) is 5.91. The smallest absolute Gasteiger partial charge is 0.293 e. The molecule has 0 atom stereocenters. The summed E-state index contributed by atoms with van der Waals surface area (Å²) in [5.74, 6) is -3.64. The fourth-order valence-electron chi connectivity index (χ4n) is 2.55. The summed E-state index contributed by atoms with van der Waals surface area (Å²) in [5.41, 5.74) is 0.398. The van der Waals surface area contributed by atoms with E-state index in [9.17, 15) is 18.0 Å². The fourth-order valence-corrected chi connectivity index (χ4v) is 2.55. The summed E-state index contributed by atoms with van der Waals surface area (Å²) in [6.45, 7) is 1.51. The van der Waals surface area contributed by atoms with Crippen molar-refractivity contribution in [2.45, 2.75) is 13.5 Å². The molecule has 1 aromatic carbocycles. The molecule has 1 N–H and O–H groups in total. The lowest BCUT2D eigenvalue weighted by Crippen LogP contribution is -2.20. The van der Waals surface area contributed by atoms with Crippen LogP contribution in [0.15, 0.2) is 29.2 Å². The lowest BCUT2D eigenvalue weighted by molar-refractivity contribution is 0.342. The number of halogens is 3. The molecular weight excluding hydrogens is 391 g/mol. The highest BCUT2D eigenvalue weighted by Gasteiger charge is 2.15. The van der Waals surface area contributed by atoms with Crippen LogP contribution in [0, 0.1) is 24.4 Å². The van der Waals surface area contributed by atoms with Gasteiger partial charge in [-0.2, -0.15) is 10.1 Å². The van der Waals surface area contributed by atoms with Crippen molar-refractivity contribution in [2.75, 3.05) is 19.5 Å². The van der Waals surface area contributed by atoms with Gasteiger partial charge in [-0.25, -0.2) is 22.8 Å². The van der Waals surface area contributed by atoms with Crippen LogP contribution in [-0.4, -0.2) is 34.0 Å². The van der Waals surface area contributed by atoms with E-state index in [-0.39, 0.29) is 23.9 Å². The Morgan fingerprint density at radius 2 is 1.76 bits per heavy atom. The lowest BCUT2D eigenvalue weighted by Gasteiger charge is -2.15. The zero-order valence-corrected chi connectivity index (χ0v) is 15.7. The number of ether oxygens (including phenoxy) is 2. The molecule has 29 heavy (non-hydrogen) atoms. The minimum atomic E-state index is -1.56. The van der Waals surface area contributed by atoms with Gasteiger partial charge in [0, 0.05) is 6.07 Å². The van der Waals surface area contributed by atoms with Crippen molar-refractivity contribution in [3.63, 3.8) is 0 Å². The maximum atomic E-state index is 13.5. The molecular formula is C18H16F3N5O3. The molecule has 0 aliphatic carbocycles. The molecule has 0 radical (unpaired) electrons. The van der Waals surface area contributed by atoms with Crippen molar-refractivity contribution in [3.8, 4) is 11.6 Å². The molecule has 0 unspecified atom stereocenters. The topological polar surface area (TPSA) is 91.2 Å². The number of hydrogen-bond donors (Lipinski definition) is 1. The first-order valence-corrected chi connectivity index (χ1v) is 8.26. The average Bonchev–Trinajstić information content (AvgIpc) is 2.69. The first-order valence-electron chi connectivity index (χ1n) is 8.26. The maximum Gasteiger partial charge on any atom is 0.293 e. The molecule has 152 valence electrons. The summed E-state index contributed by atoms with van der Waals surface area (Å²) in [7, 11) is 2.88. The number of methoxy groups -OCH3 is 2. The Bertz CT molecular complexity index is 1100. The van der Waals surface area contributed by atoms with Crippen molar-refractivity contribution >= 4 is 11.6 Å². The monoisotopic (exact) mass is 407 g/mol. The van der Waals surface area contributed by atoms with E-state index in [1.807, 2.05) is 0 Å². The Balaban J connectivity index is 1.99. The molecule has 0 saturated heterocycles. The number of nitrogens with one attached hydrogen (secondary N) is 1. The predicted octanol–water partition coefficient (Wildman–Crippen LogP) is 2.57. The second-order valence-corrected chi connectivity index (χ2v) is 5.91. The molecule has 3 aromatic rings. The van der Waals surface area contributed by atoms with Crippen LogP contribution in [0.4, 0.5) is 24.8 Å². The zero-order valence-electron chi connectivity index (χ0n) is 15.7. The van der Waals surface area contributed by atoms with Gasteiger partial charge in [-0.1, -0.05) is 0 Å². The van der Waals surface area contributed by atoms with Crippen molar-refractivity contribution in [2.24, 2.45) is 0 Å². The number of aromatic nitrogens is 4. The van der Waals surface area contributed by atoms with Gasteiger partial charge in [0.2, 0.25) is 5.95 Å². The van der Waals surface area contributed by atoms with Gasteiger partial charge in [-0.05, 0) is 24.6 Å². The summed E-state index contributed by atoms with van der Waals surface area (Å²) >= 11 is 0. The fraction of sp³-hybridized carbons (Fsp3) is 0.222. The Morgan fingerprint density at radius 1 is 1.07 bits per heavy atom. The highest BCUT2D eigenvalue weighted by atomic mass is 19.2. The molecule has 0 fully saturated rings. The molecule has 8 nitrogen and oxygen atoms in total. The lowest BCUT2D eigenvalue weighted by atomic mass is 10.2. The molecule has 0 aliphatic rings. The zero-order chi connectivity index (χ0) is 21.1. The Morgan fingerprint density at radius 3 is 2.38 bits per heavy atom. The highest BCUT2D eigenvalue weighted by Crippen LogP contribution is 2.30. The number of benzene rings is 1. The number of pyridine rings is 1. The predicted molar refractivity (Wildman–Crippen MR) is 97.1 cm³/mol. The van der Waals surface area contributed by atoms with Crippen LogP contribution in [0.25, 0.3) is 0 Å². The maximum absolute atomic E-state index is 13.5. The van der Waals surface area contributed by atoms with Gasteiger partial charge in [-0.15, -0.1) is 0 Å². The van der Waals surface area contributed by atoms with E-state index in [0.29, 0.717) is 17.1 Å². The molecule has 0 aliphatic heterocycles. The van der Waals surface area contributed by atoms with Gasteiger partial charge in [0.1, 0.15) is 6.20 Å². The highest BCUT2D eigenvalue weighted by molar-refractivity contribution is 5.60. The first kappa shape index (κ1) is 20.1. The molecule has 2 aromatic heterocycles. The van der Waals surface area contributed by atoms with E-state index in [4.69, 9.17) is 9.47 Å². The van der Waals surface area contributed by atoms with Gasteiger partial charge in [0.15, 0.2) is 23.2 Å². The Hall–Kier alpha value is -3.63. The summed E-state index contributed by atoms with van der Waals surface area (Å²) < 4.78 is 51.7. The number of anilines is 2. The standard InChI is InChI=1S/C18H16F3N5O3/c1-9-13(6-14(28-2)17(23-9)29-3)24-18-25-15(27)7-22-26(18)8-10-4-11(19)16(21)12(20)5-10/h4-7H,8H2,1-3H3,(H,24,25,27). The summed E-state index contributed by atoms with van der Waals surface area (Å²) in [6.07, 6.45) is 0.946. The van der Waals surface area contributed by atoms with Gasteiger partial charge in [0.25, 0.3) is 11.4 Å². The number of hydrogen-bond acceptors (Lipinski definition) is 7. The van der Waals surface area contributed by atoms with Crippen LogP contribution in [-0.2, 0) is 6.54 Å². The van der Waals surface area contributed by atoms with Crippen molar-refractivity contribution in [1.29, 1.82) is 0 Å². The van der Waals surface area contributed by atoms with Crippen molar-refractivity contribution in [3.05, 3.63) is 63.5 Å². The molecule has 11 heteroatoms. The summed E-state index contributed by atoms with van der Waals surface area (Å²) in [6, 6.07) is 3.26. The van der Waals surface area contributed by atoms with E-state index in [2.05, 4.69) is 20.4 Å². The Labute approximate surface area is 162 Å².